The van der Waals surface area contributed by atoms with Gasteiger partial charge < -0.3 is 4.90 Å². The number of halogens is 3. The highest BCUT2D eigenvalue weighted by Gasteiger charge is 2.42. The van der Waals surface area contributed by atoms with Gasteiger partial charge in [0.1, 0.15) is 0 Å². The van der Waals surface area contributed by atoms with Crippen LogP contribution in [0.2, 0.25) is 0 Å². The van der Waals surface area contributed by atoms with E-state index in [0.29, 0.717) is 24.9 Å². The molecule has 190 valence electrons. The molecule has 0 aromatic heterocycles. The van der Waals surface area contributed by atoms with Gasteiger partial charge in [0.15, 0.2) is 0 Å². The fourth-order valence-corrected chi connectivity index (χ4v) is 5.93. The van der Waals surface area contributed by atoms with Crippen LogP contribution in [0.4, 0.5) is 13.2 Å². The first-order valence-corrected chi connectivity index (χ1v) is 13.3. The number of carbonyl (C=O) groups excluding carboxylic acids is 1. The van der Waals surface area contributed by atoms with Crippen LogP contribution in [-0.2, 0) is 34.3 Å². The molecule has 1 amide bonds. The zero-order valence-electron chi connectivity index (χ0n) is 19.4. The number of likely N-dealkylation sites (tertiary alicyclic amines) is 1. The van der Waals surface area contributed by atoms with Gasteiger partial charge in [-0.05, 0) is 73.5 Å². The van der Waals surface area contributed by atoms with Crippen LogP contribution in [0.3, 0.4) is 0 Å². The van der Waals surface area contributed by atoms with Gasteiger partial charge in [-0.1, -0.05) is 36.4 Å². The molecule has 10 heteroatoms. The molecule has 2 aliphatic heterocycles. The maximum atomic E-state index is 12.9. The maximum absolute atomic E-state index is 12.9. The van der Waals surface area contributed by atoms with Crippen molar-refractivity contribution < 1.29 is 26.4 Å². The van der Waals surface area contributed by atoms with Crippen LogP contribution in [0.25, 0.3) is 0 Å². The van der Waals surface area contributed by atoms with Crippen molar-refractivity contribution in [3.05, 3.63) is 65.2 Å². The van der Waals surface area contributed by atoms with Crippen LogP contribution in [0.1, 0.15) is 36.0 Å². The lowest BCUT2D eigenvalue weighted by Crippen LogP contribution is -2.40. The average molecular weight is 510 g/mol. The first kappa shape index (κ1) is 25.7. The SMILES string of the molecule is O=C(N1CCCc2ccc(S(=O)(=O)NCC3CCN(Cc4ccccc4)CC3)cc2C1)C(F)(F)F. The molecule has 2 aromatic carbocycles. The quantitative estimate of drug-likeness (QED) is 0.645. The number of aryl methyl sites for hydroxylation is 1. The van der Waals surface area contributed by atoms with E-state index in [0.717, 1.165) is 42.9 Å². The minimum absolute atomic E-state index is 0.0130. The Morgan fingerprint density at radius 2 is 1.71 bits per heavy atom. The molecular weight excluding hydrogens is 479 g/mol. The van der Waals surface area contributed by atoms with E-state index in [1.54, 1.807) is 6.07 Å². The summed E-state index contributed by atoms with van der Waals surface area (Å²) in [4.78, 5) is 14.9. The third-order valence-corrected chi connectivity index (χ3v) is 8.19. The standard InChI is InChI=1S/C25H30F3N3O3S/c26-25(27,28)24(32)31-12-4-7-21-8-9-23(15-22(21)18-31)35(33,34)29-16-19-10-13-30(14-11-19)17-20-5-2-1-3-6-20/h1-3,5-6,8-9,15,19,29H,4,7,10-14,16-18H2. The monoisotopic (exact) mass is 509 g/mol. The molecule has 1 saturated heterocycles. The van der Waals surface area contributed by atoms with Crippen molar-refractivity contribution in [1.82, 2.24) is 14.5 Å². The van der Waals surface area contributed by atoms with Crippen molar-refractivity contribution in [2.45, 2.75) is 49.8 Å². The van der Waals surface area contributed by atoms with Gasteiger partial charge in [0.2, 0.25) is 10.0 Å². The largest absolute Gasteiger partial charge is 0.471 e. The number of carbonyl (C=O) groups is 1. The zero-order chi connectivity index (χ0) is 25.1. The molecule has 4 rings (SSSR count). The van der Waals surface area contributed by atoms with E-state index in [1.807, 2.05) is 18.2 Å². The van der Waals surface area contributed by atoms with Crippen molar-refractivity contribution >= 4 is 15.9 Å². The van der Waals surface area contributed by atoms with Crippen LogP contribution in [0.15, 0.2) is 53.4 Å². The normalized spacial score (nSPS) is 18.2. The van der Waals surface area contributed by atoms with E-state index < -0.39 is 22.1 Å². The molecule has 35 heavy (non-hydrogen) atoms. The van der Waals surface area contributed by atoms with Gasteiger partial charge in [0, 0.05) is 26.2 Å². The molecule has 0 unspecified atom stereocenters. The summed E-state index contributed by atoms with van der Waals surface area (Å²) in [7, 11) is -3.82. The number of hydrogen-bond acceptors (Lipinski definition) is 4. The molecule has 0 radical (unpaired) electrons. The van der Waals surface area contributed by atoms with Gasteiger partial charge in [-0.25, -0.2) is 13.1 Å². The highest BCUT2D eigenvalue weighted by molar-refractivity contribution is 7.89. The first-order chi connectivity index (χ1) is 16.6. The Bertz CT molecular complexity index is 1130. The number of nitrogens with one attached hydrogen (secondary N) is 1. The van der Waals surface area contributed by atoms with Crippen LogP contribution >= 0.6 is 0 Å². The molecule has 0 atom stereocenters. The zero-order valence-corrected chi connectivity index (χ0v) is 20.2. The number of rotatable bonds is 6. The van der Waals surface area contributed by atoms with Gasteiger partial charge in [0.05, 0.1) is 4.90 Å². The molecule has 0 aliphatic carbocycles. The van der Waals surface area contributed by atoms with E-state index in [2.05, 4.69) is 21.8 Å². The second-order valence-electron chi connectivity index (χ2n) is 9.32. The summed E-state index contributed by atoms with van der Waals surface area (Å²) in [6.45, 7) is 2.71. The highest BCUT2D eigenvalue weighted by atomic mass is 32.2. The Morgan fingerprint density at radius 3 is 2.40 bits per heavy atom. The lowest BCUT2D eigenvalue weighted by molar-refractivity contribution is -0.186. The molecule has 0 saturated carbocycles. The summed E-state index contributed by atoms with van der Waals surface area (Å²) in [5.74, 6) is -1.67. The summed E-state index contributed by atoms with van der Waals surface area (Å²) < 4.78 is 67.3. The van der Waals surface area contributed by atoms with Gasteiger partial charge in [-0.15, -0.1) is 0 Å². The molecule has 2 aromatic rings. The number of alkyl halides is 3. The van der Waals surface area contributed by atoms with Crippen molar-refractivity contribution in [1.29, 1.82) is 0 Å². The topological polar surface area (TPSA) is 69.7 Å². The van der Waals surface area contributed by atoms with E-state index in [9.17, 15) is 26.4 Å². The lowest BCUT2D eigenvalue weighted by Gasteiger charge is -2.32. The number of fused-ring (bicyclic) bond motifs is 1. The fourth-order valence-electron chi connectivity index (χ4n) is 4.76. The highest BCUT2D eigenvalue weighted by Crippen LogP contribution is 2.26. The van der Waals surface area contributed by atoms with Gasteiger partial charge in [-0.2, -0.15) is 13.2 Å². The Labute approximate surface area is 204 Å². The number of amides is 1. The Kier molecular flexibility index (Phi) is 7.83. The number of hydrogen-bond donors (Lipinski definition) is 1. The molecule has 1 N–H and O–H groups in total. The summed E-state index contributed by atoms with van der Waals surface area (Å²) in [5.41, 5.74) is 2.47. The molecule has 0 bridgehead atoms. The molecule has 1 fully saturated rings. The Hall–Kier alpha value is -2.43. The molecule has 6 nitrogen and oxygen atoms in total. The third kappa shape index (κ3) is 6.62. The van der Waals surface area contributed by atoms with Crippen molar-refractivity contribution in [2.75, 3.05) is 26.2 Å². The number of benzene rings is 2. The van der Waals surface area contributed by atoms with Gasteiger partial charge in [-0.3, -0.25) is 9.69 Å². The molecule has 2 aliphatic rings. The van der Waals surface area contributed by atoms with E-state index in [-0.39, 0.29) is 23.9 Å². The fraction of sp³-hybridized carbons (Fsp3) is 0.480. The number of sulfonamides is 1. The average Bonchev–Trinajstić information content (AvgIpc) is 3.05. The van der Waals surface area contributed by atoms with Crippen LogP contribution in [0.5, 0.6) is 0 Å². The van der Waals surface area contributed by atoms with E-state index in [4.69, 9.17) is 0 Å². The second-order valence-corrected chi connectivity index (χ2v) is 11.1. The number of nitrogens with zero attached hydrogens (tertiary/aromatic N) is 2. The lowest BCUT2D eigenvalue weighted by atomic mass is 9.97. The molecule has 0 spiro atoms. The summed E-state index contributed by atoms with van der Waals surface area (Å²) >= 11 is 0. The van der Waals surface area contributed by atoms with Gasteiger partial charge in [0.25, 0.3) is 0 Å². The summed E-state index contributed by atoms with van der Waals surface area (Å²) in [6.07, 6.45) is -2.30. The van der Waals surface area contributed by atoms with Crippen LogP contribution in [-0.4, -0.2) is 56.5 Å². The van der Waals surface area contributed by atoms with Crippen LogP contribution < -0.4 is 4.72 Å². The van der Waals surface area contributed by atoms with Crippen molar-refractivity contribution in [3.63, 3.8) is 0 Å². The van der Waals surface area contributed by atoms with Gasteiger partial charge >= 0.3 is 12.1 Å². The molecule has 2 heterocycles. The van der Waals surface area contributed by atoms with Crippen molar-refractivity contribution in [2.24, 2.45) is 5.92 Å². The predicted octanol–water partition coefficient (Wildman–Crippen LogP) is 3.71. The maximum Gasteiger partial charge on any atom is 0.471 e. The Balaban J connectivity index is 1.35. The smallest absolute Gasteiger partial charge is 0.331 e. The van der Waals surface area contributed by atoms with E-state index >= 15 is 0 Å². The minimum Gasteiger partial charge on any atom is -0.331 e. The minimum atomic E-state index is -4.95. The predicted molar refractivity (Wildman–Crippen MR) is 126 cm³/mol. The summed E-state index contributed by atoms with van der Waals surface area (Å²) in [6, 6.07) is 14.8. The van der Waals surface area contributed by atoms with E-state index in [1.165, 1.54) is 17.7 Å². The van der Waals surface area contributed by atoms with Crippen molar-refractivity contribution in [3.8, 4) is 0 Å². The third-order valence-electron chi connectivity index (χ3n) is 6.77. The first-order valence-electron chi connectivity index (χ1n) is 11.9. The Morgan fingerprint density at radius 1 is 1.00 bits per heavy atom. The second kappa shape index (κ2) is 10.7. The van der Waals surface area contributed by atoms with Crippen LogP contribution in [0, 0.1) is 5.92 Å². The summed E-state index contributed by atoms with van der Waals surface area (Å²) in [5, 5.41) is 0. The molecular formula is C25H30F3N3O3S. The number of piperidine rings is 1.